The van der Waals surface area contributed by atoms with E-state index in [0.717, 1.165) is 30.0 Å². The molecule has 0 aromatic heterocycles. The summed E-state index contributed by atoms with van der Waals surface area (Å²) >= 11 is 0. The summed E-state index contributed by atoms with van der Waals surface area (Å²) in [5, 5.41) is 1.84. The molecule has 0 aliphatic carbocycles. The highest BCUT2D eigenvalue weighted by Crippen LogP contribution is 2.19. The number of carbonyl (C=O) groups is 1. The van der Waals surface area contributed by atoms with Gasteiger partial charge in [0.05, 0.1) is 10.9 Å². The van der Waals surface area contributed by atoms with Crippen molar-refractivity contribution >= 4 is 26.7 Å². The van der Waals surface area contributed by atoms with Crippen LogP contribution in [-0.4, -0.2) is 38.4 Å². The van der Waals surface area contributed by atoms with Crippen molar-refractivity contribution in [2.45, 2.75) is 37.1 Å². The van der Waals surface area contributed by atoms with Crippen LogP contribution < -0.4 is 4.72 Å². The van der Waals surface area contributed by atoms with Gasteiger partial charge < -0.3 is 4.90 Å². The average molecular weight is 346 g/mol. The lowest BCUT2D eigenvalue weighted by atomic mass is 10.1. The Hall–Kier alpha value is -1.92. The summed E-state index contributed by atoms with van der Waals surface area (Å²) in [4.78, 5) is 14.3. The lowest BCUT2D eigenvalue weighted by Crippen LogP contribution is -2.48. The van der Waals surface area contributed by atoms with Crippen molar-refractivity contribution in [2.75, 3.05) is 13.1 Å². The van der Waals surface area contributed by atoms with Crippen molar-refractivity contribution < 1.29 is 13.2 Å². The first-order chi connectivity index (χ1) is 11.5. The smallest absolute Gasteiger partial charge is 0.241 e. The SMILES string of the molecule is C[C@H](NS(=O)(=O)c1ccc2ccccc2c1)C(=O)N1CCCCC1. The van der Waals surface area contributed by atoms with Crippen LogP contribution in [-0.2, 0) is 14.8 Å². The standard InChI is InChI=1S/C18H22N2O3S/c1-14(18(21)20-11-5-2-6-12-20)19-24(22,23)17-10-9-15-7-3-4-8-16(15)13-17/h3-4,7-10,13-14,19H,2,5-6,11-12H2,1H3/t14-/m0/s1. The number of nitrogens with zero attached hydrogens (tertiary/aromatic N) is 1. The number of amides is 1. The third-order valence-corrected chi connectivity index (χ3v) is 5.94. The molecule has 1 saturated heterocycles. The summed E-state index contributed by atoms with van der Waals surface area (Å²) in [5.74, 6) is -0.154. The molecule has 0 bridgehead atoms. The molecule has 1 fully saturated rings. The third kappa shape index (κ3) is 3.60. The minimum Gasteiger partial charge on any atom is -0.341 e. The molecule has 2 aromatic carbocycles. The lowest BCUT2D eigenvalue weighted by molar-refractivity contribution is -0.133. The molecular weight excluding hydrogens is 324 g/mol. The third-order valence-electron chi connectivity index (χ3n) is 4.40. The normalized spacial score (nSPS) is 17.0. The van der Waals surface area contributed by atoms with Gasteiger partial charge in [-0.1, -0.05) is 30.3 Å². The quantitative estimate of drug-likeness (QED) is 0.925. The second-order valence-electron chi connectivity index (χ2n) is 6.24. The predicted molar refractivity (Wildman–Crippen MR) is 94.2 cm³/mol. The van der Waals surface area contributed by atoms with Gasteiger partial charge >= 0.3 is 0 Å². The van der Waals surface area contributed by atoms with E-state index in [1.807, 2.05) is 24.3 Å². The fourth-order valence-corrected chi connectivity index (χ4v) is 4.31. The molecule has 24 heavy (non-hydrogen) atoms. The highest BCUT2D eigenvalue weighted by molar-refractivity contribution is 7.89. The van der Waals surface area contributed by atoms with E-state index in [1.54, 1.807) is 30.0 Å². The number of hydrogen-bond donors (Lipinski definition) is 1. The van der Waals surface area contributed by atoms with E-state index in [2.05, 4.69) is 4.72 Å². The summed E-state index contributed by atoms with van der Waals surface area (Å²) < 4.78 is 27.7. The van der Waals surface area contributed by atoms with Crippen LogP contribution in [0.3, 0.4) is 0 Å². The number of piperidine rings is 1. The highest BCUT2D eigenvalue weighted by atomic mass is 32.2. The molecule has 0 unspecified atom stereocenters. The van der Waals surface area contributed by atoms with Crippen LogP contribution in [0.1, 0.15) is 26.2 Å². The second-order valence-corrected chi connectivity index (χ2v) is 7.95. The maximum absolute atomic E-state index is 12.6. The zero-order valence-corrected chi connectivity index (χ0v) is 14.6. The van der Waals surface area contributed by atoms with Crippen molar-refractivity contribution in [1.82, 2.24) is 9.62 Å². The van der Waals surface area contributed by atoms with Crippen LogP contribution in [0.2, 0.25) is 0 Å². The number of carbonyl (C=O) groups excluding carboxylic acids is 1. The predicted octanol–water partition coefficient (Wildman–Crippen LogP) is 2.52. The van der Waals surface area contributed by atoms with Gasteiger partial charge in [-0.15, -0.1) is 0 Å². The molecule has 0 spiro atoms. The van der Waals surface area contributed by atoms with Gasteiger partial charge in [0, 0.05) is 13.1 Å². The molecule has 1 aliphatic rings. The van der Waals surface area contributed by atoms with E-state index in [-0.39, 0.29) is 10.8 Å². The Morgan fingerprint density at radius 3 is 2.42 bits per heavy atom. The maximum Gasteiger partial charge on any atom is 0.241 e. The molecule has 1 atom stereocenters. The van der Waals surface area contributed by atoms with E-state index in [0.29, 0.717) is 13.1 Å². The molecule has 0 saturated carbocycles. The van der Waals surface area contributed by atoms with Gasteiger partial charge in [-0.3, -0.25) is 4.79 Å². The Kier molecular flexibility index (Phi) is 4.87. The fourth-order valence-electron chi connectivity index (χ4n) is 3.07. The monoisotopic (exact) mass is 346 g/mol. The van der Waals surface area contributed by atoms with Crippen LogP contribution in [0.4, 0.5) is 0 Å². The summed E-state index contributed by atoms with van der Waals surface area (Å²) in [7, 11) is -3.73. The van der Waals surface area contributed by atoms with Crippen molar-refractivity contribution in [3.63, 3.8) is 0 Å². The number of hydrogen-bond acceptors (Lipinski definition) is 3. The molecule has 2 aromatic rings. The van der Waals surface area contributed by atoms with Crippen molar-refractivity contribution in [2.24, 2.45) is 0 Å². The number of likely N-dealkylation sites (tertiary alicyclic amines) is 1. The summed E-state index contributed by atoms with van der Waals surface area (Å²) in [6.07, 6.45) is 3.09. The molecule has 1 aliphatic heterocycles. The molecule has 1 amide bonds. The second kappa shape index (κ2) is 6.91. The Morgan fingerprint density at radius 1 is 1.04 bits per heavy atom. The number of rotatable bonds is 4. The highest BCUT2D eigenvalue weighted by Gasteiger charge is 2.26. The number of sulfonamides is 1. The molecule has 128 valence electrons. The average Bonchev–Trinajstić information content (AvgIpc) is 2.61. The number of fused-ring (bicyclic) bond motifs is 1. The molecular formula is C18H22N2O3S. The minimum absolute atomic E-state index is 0.154. The van der Waals surface area contributed by atoms with Gasteiger partial charge in [0.2, 0.25) is 15.9 Å². The molecule has 1 N–H and O–H groups in total. The van der Waals surface area contributed by atoms with Crippen molar-refractivity contribution in [3.8, 4) is 0 Å². The van der Waals surface area contributed by atoms with Crippen molar-refractivity contribution in [3.05, 3.63) is 42.5 Å². The Bertz CT molecular complexity index is 842. The van der Waals surface area contributed by atoms with Gasteiger partial charge in [-0.2, -0.15) is 4.72 Å². The molecule has 0 radical (unpaired) electrons. The van der Waals surface area contributed by atoms with Gasteiger partial charge in [-0.05, 0) is 49.1 Å². The van der Waals surface area contributed by atoms with E-state index in [4.69, 9.17) is 0 Å². The van der Waals surface area contributed by atoms with Crippen LogP contribution in [0.15, 0.2) is 47.4 Å². The summed E-state index contributed by atoms with van der Waals surface area (Å²) in [5.41, 5.74) is 0. The summed E-state index contributed by atoms with van der Waals surface area (Å²) in [6, 6.07) is 11.8. The first-order valence-corrected chi connectivity index (χ1v) is 9.76. The molecule has 5 nitrogen and oxygen atoms in total. The van der Waals surface area contributed by atoms with Gasteiger partial charge in [0.25, 0.3) is 0 Å². The number of nitrogens with one attached hydrogen (secondary N) is 1. The van der Waals surface area contributed by atoms with E-state index in [1.165, 1.54) is 0 Å². The van der Waals surface area contributed by atoms with Crippen LogP contribution in [0.5, 0.6) is 0 Å². The molecule has 1 heterocycles. The Morgan fingerprint density at radius 2 is 1.71 bits per heavy atom. The zero-order chi connectivity index (χ0) is 17.2. The lowest BCUT2D eigenvalue weighted by Gasteiger charge is -2.29. The van der Waals surface area contributed by atoms with E-state index < -0.39 is 16.1 Å². The van der Waals surface area contributed by atoms with Gasteiger partial charge in [0.1, 0.15) is 0 Å². The van der Waals surface area contributed by atoms with E-state index >= 15 is 0 Å². The minimum atomic E-state index is -3.73. The zero-order valence-electron chi connectivity index (χ0n) is 13.7. The van der Waals surface area contributed by atoms with Gasteiger partial charge in [0.15, 0.2) is 0 Å². The molecule has 6 heteroatoms. The first kappa shape index (κ1) is 16.9. The van der Waals surface area contributed by atoms with Crippen molar-refractivity contribution in [1.29, 1.82) is 0 Å². The van der Waals surface area contributed by atoms with Crippen LogP contribution in [0.25, 0.3) is 10.8 Å². The first-order valence-electron chi connectivity index (χ1n) is 8.27. The summed E-state index contributed by atoms with van der Waals surface area (Å²) in [6.45, 7) is 3.03. The maximum atomic E-state index is 12.6. The van der Waals surface area contributed by atoms with Gasteiger partial charge in [-0.25, -0.2) is 8.42 Å². The Labute approximate surface area is 142 Å². The fraction of sp³-hybridized carbons (Fsp3) is 0.389. The molecule has 3 rings (SSSR count). The Balaban J connectivity index is 1.77. The van der Waals surface area contributed by atoms with Crippen LogP contribution >= 0.6 is 0 Å². The largest absolute Gasteiger partial charge is 0.341 e. The topological polar surface area (TPSA) is 66.5 Å². The van der Waals surface area contributed by atoms with E-state index in [9.17, 15) is 13.2 Å². The number of benzene rings is 2. The van der Waals surface area contributed by atoms with Crippen LogP contribution in [0, 0.1) is 0 Å².